The predicted molar refractivity (Wildman–Crippen MR) is 109 cm³/mol. The van der Waals surface area contributed by atoms with Gasteiger partial charge in [-0.3, -0.25) is 10.1 Å². The number of unbranched alkanes of at least 4 members (excludes halogenated alkanes) is 1. The lowest BCUT2D eigenvalue weighted by Gasteiger charge is -2.12. The van der Waals surface area contributed by atoms with E-state index < -0.39 is 5.97 Å². The summed E-state index contributed by atoms with van der Waals surface area (Å²) < 4.78 is 5.57. The summed E-state index contributed by atoms with van der Waals surface area (Å²) in [6.07, 6.45) is 2.03. The van der Waals surface area contributed by atoms with Gasteiger partial charge < -0.3 is 15.2 Å². The molecule has 0 aliphatic carbocycles. The van der Waals surface area contributed by atoms with E-state index in [1.54, 1.807) is 30.3 Å². The number of rotatable bonds is 7. The average Bonchev–Trinajstić information content (AvgIpc) is 2.64. The van der Waals surface area contributed by atoms with Crippen molar-refractivity contribution in [3.63, 3.8) is 0 Å². The van der Waals surface area contributed by atoms with E-state index in [0.717, 1.165) is 18.4 Å². The van der Waals surface area contributed by atoms with Gasteiger partial charge in [0.1, 0.15) is 5.75 Å². The maximum Gasteiger partial charge on any atom is 0.335 e. The fourth-order valence-electron chi connectivity index (χ4n) is 2.26. The highest BCUT2D eigenvalue weighted by Gasteiger charge is 2.11. The van der Waals surface area contributed by atoms with Gasteiger partial charge in [0.25, 0.3) is 5.91 Å². The Balaban J connectivity index is 1.96. The molecule has 0 saturated carbocycles. The number of aryl methyl sites for hydroxylation is 1. The maximum atomic E-state index is 12.3. The predicted octanol–water partition coefficient (Wildman–Crippen LogP) is 4.00. The van der Waals surface area contributed by atoms with Crippen LogP contribution in [0.25, 0.3) is 0 Å². The number of amides is 1. The van der Waals surface area contributed by atoms with E-state index in [1.165, 1.54) is 12.1 Å². The molecule has 0 bridgehead atoms. The number of thiocarbonyl (C=S) groups is 1. The Kier molecular flexibility index (Phi) is 7.31. The van der Waals surface area contributed by atoms with Gasteiger partial charge in [0.15, 0.2) is 5.11 Å². The van der Waals surface area contributed by atoms with Crippen LogP contribution in [0.2, 0.25) is 0 Å². The largest absolute Gasteiger partial charge is 0.494 e. The number of aromatic carboxylic acids is 1. The zero-order chi connectivity index (χ0) is 19.8. The van der Waals surface area contributed by atoms with Crippen molar-refractivity contribution in [1.82, 2.24) is 5.32 Å². The molecule has 0 spiro atoms. The third kappa shape index (κ3) is 6.07. The summed E-state index contributed by atoms with van der Waals surface area (Å²) >= 11 is 5.16. The third-order valence-electron chi connectivity index (χ3n) is 3.84. The van der Waals surface area contributed by atoms with Crippen LogP contribution in [0.5, 0.6) is 5.75 Å². The molecular weight excluding hydrogens is 364 g/mol. The first-order chi connectivity index (χ1) is 12.9. The van der Waals surface area contributed by atoms with Crippen molar-refractivity contribution in [2.45, 2.75) is 26.7 Å². The van der Waals surface area contributed by atoms with E-state index >= 15 is 0 Å². The van der Waals surface area contributed by atoms with Gasteiger partial charge in [-0.1, -0.05) is 19.4 Å². The molecule has 0 aliphatic heterocycles. The summed E-state index contributed by atoms with van der Waals surface area (Å²) in [5, 5.41) is 14.6. The normalized spacial score (nSPS) is 10.1. The Morgan fingerprint density at radius 1 is 1.11 bits per heavy atom. The number of carbonyl (C=O) groups is 2. The van der Waals surface area contributed by atoms with Gasteiger partial charge in [0.05, 0.1) is 12.2 Å². The summed E-state index contributed by atoms with van der Waals surface area (Å²) in [6, 6.07) is 11.5. The molecular formula is C20H22N2O4S. The lowest BCUT2D eigenvalue weighted by molar-refractivity contribution is 0.0696. The fraction of sp³-hybridized carbons (Fsp3) is 0.250. The Labute approximate surface area is 163 Å². The van der Waals surface area contributed by atoms with Crippen LogP contribution in [0.1, 0.15) is 46.0 Å². The molecule has 1 amide bonds. The van der Waals surface area contributed by atoms with Gasteiger partial charge in [0, 0.05) is 11.3 Å². The molecule has 0 atom stereocenters. The van der Waals surface area contributed by atoms with Crippen LogP contribution in [0.15, 0.2) is 42.5 Å². The molecule has 142 valence electrons. The van der Waals surface area contributed by atoms with Crippen molar-refractivity contribution < 1.29 is 19.4 Å². The number of carboxylic acids is 1. The number of carboxylic acid groups (broad SMARTS) is 1. The number of carbonyl (C=O) groups excluding carboxylic acids is 1. The highest BCUT2D eigenvalue weighted by atomic mass is 32.1. The van der Waals surface area contributed by atoms with Crippen molar-refractivity contribution in [3.8, 4) is 5.75 Å². The number of ether oxygens (including phenoxy) is 1. The molecule has 0 fully saturated rings. The van der Waals surface area contributed by atoms with Crippen LogP contribution >= 0.6 is 12.2 Å². The minimum atomic E-state index is -1.03. The van der Waals surface area contributed by atoms with Crippen molar-refractivity contribution in [3.05, 3.63) is 59.2 Å². The molecule has 0 saturated heterocycles. The molecule has 2 aromatic carbocycles. The number of nitrogens with one attached hydrogen (secondary N) is 2. The van der Waals surface area contributed by atoms with E-state index in [1.807, 2.05) is 6.92 Å². The maximum absolute atomic E-state index is 12.3. The van der Waals surface area contributed by atoms with E-state index in [-0.39, 0.29) is 16.6 Å². The standard InChI is InChI=1S/C20H22N2O4S/c1-3-4-11-26-16-9-7-14(8-10-16)18(23)22-20(27)21-17-12-15(19(24)25)6-5-13(17)2/h5-10,12H,3-4,11H2,1-2H3,(H,24,25)(H2,21,22,23,27). The molecule has 6 nitrogen and oxygen atoms in total. The number of benzene rings is 2. The van der Waals surface area contributed by atoms with Gasteiger partial charge in [-0.25, -0.2) is 4.79 Å². The zero-order valence-corrected chi connectivity index (χ0v) is 16.1. The third-order valence-corrected chi connectivity index (χ3v) is 4.05. The van der Waals surface area contributed by atoms with Gasteiger partial charge in [-0.2, -0.15) is 0 Å². The molecule has 3 N–H and O–H groups in total. The van der Waals surface area contributed by atoms with Crippen molar-refractivity contribution in [1.29, 1.82) is 0 Å². The SMILES string of the molecule is CCCCOc1ccc(C(=O)NC(=S)Nc2cc(C(=O)O)ccc2C)cc1. The number of anilines is 1. The first-order valence-electron chi connectivity index (χ1n) is 8.60. The highest BCUT2D eigenvalue weighted by Crippen LogP contribution is 2.17. The second-order valence-electron chi connectivity index (χ2n) is 5.97. The highest BCUT2D eigenvalue weighted by molar-refractivity contribution is 7.80. The minimum Gasteiger partial charge on any atom is -0.494 e. The molecule has 0 unspecified atom stereocenters. The molecule has 7 heteroatoms. The van der Waals surface area contributed by atoms with Gasteiger partial charge >= 0.3 is 5.97 Å². The molecule has 0 aromatic heterocycles. The molecule has 2 rings (SSSR count). The summed E-state index contributed by atoms with van der Waals surface area (Å²) in [5.41, 5.74) is 1.92. The summed E-state index contributed by atoms with van der Waals surface area (Å²) in [5.74, 6) is -0.685. The van der Waals surface area contributed by atoms with Crippen molar-refractivity contribution >= 4 is 34.9 Å². The van der Waals surface area contributed by atoms with Crippen LogP contribution in [0.3, 0.4) is 0 Å². The zero-order valence-electron chi connectivity index (χ0n) is 15.2. The summed E-state index contributed by atoms with van der Waals surface area (Å²) in [4.78, 5) is 23.4. The van der Waals surface area contributed by atoms with E-state index in [0.29, 0.717) is 23.6 Å². The summed E-state index contributed by atoms with van der Waals surface area (Å²) in [7, 11) is 0. The van der Waals surface area contributed by atoms with Crippen LogP contribution in [0.4, 0.5) is 5.69 Å². The Bertz CT molecular complexity index is 834. The Morgan fingerprint density at radius 3 is 2.41 bits per heavy atom. The minimum absolute atomic E-state index is 0.0916. The van der Waals surface area contributed by atoms with Crippen LogP contribution in [-0.2, 0) is 0 Å². The van der Waals surface area contributed by atoms with Crippen LogP contribution in [-0.4, -0.2) is 28.7 Å². The second kappa shape index (κ2) is 9.68. The Hall–Kier alpha value is -2.93. The van der Waals surface area contributed by atoms with Crippen molar-refractivity contribution in [2.75, 3.05) is 11.9 Å². The van der Waals surface area contributed by atoms with E-state index in [4.69, 9.17) is 22.1 Å². The average molecular weight is 386 g/mol. The van der Waals surface area contributed by atoms with Crippen LogP contribution < -0.4 is 15.4 Å². The van der Waals surface area contributed by atoms with E-state index in [2.05, 4.69) is 17.6 Å². The topological polar surface area (TPSA) is 87.7 Å². The second-order valence-corrected chi connectivity index (χ2v) is 6.38. The lowest BCUT2D eigenvalue weighted by atomic mass is 10.1. The first-order valence-corrected chi connectivity index (χ1v) is 9.00. The Morgan fingerprint density at radius 2 is 1.78 bits per heavy atom. The molecule has 0 heterocycles. The van der Waals surface area contributed by atoms with Crippen molar-refractivity contribution in [2.24, 2.45) is 0 Å². The molecule has 0 radical (unpaired) electrons. The lowest BCUT2D eigenvalue weighted by Crippen LogP contribution is -2.34. The smallest absolute Gasteiger partial charge is 0.335 e. The summed E-state index contributed by atoms with van der Waals surface area (Å²) in [6.45, 7) is 4.55. The van der Waals surface area contributed by atoms with Gasteiger partial charge in [0.2, 0.25) is 0 Å². The van der Waals surface area contributed by atoms with E-state index in [9.17, 15) is 9.59 Å². The molecule has 0 aliphatic rings. The fourth-order valence-corrected chi connectivity index (χ4v) is 2.46. The van der Waals surface area contributed by atoms with Crippen LogP contribution in [0, 0.1) is 6.92 Å². The van der Waals surface area contributed by atoms with Gasteiger partial charge in [-0.15, -0.1) is 0 Å². The molecule has 2 aromatic rings. The monoisotopic (exact) mass is 386 g/mol. The van der Waals surface area contributed by atoms with Gasteiger partial charge in [-0.05, 0) is 67.5 Å². The quantitative estimate of drug-likeness (QED) is 0.492. The first kappa shape index (κ1) is 20.4. The number of hydrogen-bond donors (Lipinski definition) is 3. The molecule has 27 heavy (non-hydrogen) atoms. The number of hydrogen-bond acceptors (Lipinski definition) is 4.